The minimum Gasteiger partial charge on any atom is -0.481 e. The van der Waals surface area contributed by atoms with Crippen LogP contribution in [-0.4, -0.2) is 66.6 Å². The molecule has 0 radical (unpaired) electrons. The number of hydrogen-bond donors (Lipinski definition) is 3. The number of carbonyl (C=O) groups excluding carboxylic acids is 1. The second-order valence-electron chi connectivity index (χ2n) is 7.57. The van der Waals surface area contributed by atoms with E-state index in [0.29, 0.717) is 40.4 Å². The van der Waals surface area contributed by atoms with Crippen LogP contribution in [0.5, 0.6) is 0 Å². The number of nitrogen functional groups attached to an aromatic ring is 1. The second-order valence-corrected chi connectivity index (χ2v) is 9.89. The van der Waals surface area contributed by atoms with E-state index >= 15 is 0 Å². The highest BCUT2D eigenvalue weighted by atomic mass is 35.5. The molecule has 0 unspecified atom stereocenters. The number of carboxylic acids is 1. The Labute approximate surface area is 198 Å². The van der Waals surface area contributed by atoms with Gasteiger partial charge >= 0.3 is 0 Å². The smallest absolute Gasteiger partial charge is 0.300 e. The molecule has 0 atom stereocenters. The van der Waals surface area contributed by atoms with Gasteiger partial charge in [-0.15, -0.1) is 0 Å². The van der Waals surface area contributed by atoms with Crippen LogP contribution in [0.25, 0.3) is 0 Å². The number of amidine groups is 1. The van der Waals surface area contributed by atoms with E-state index in [1.54, 1.807) is 55.1 Å². The Morgan fingerprint density at radius 2 is 1.48 bits per heavy atom. The fourth-order valence-electron chi connectivity index (χ4n) is 3.28. The number of hydrogen-bond acceptors (Lipinski definition) is 5. The SMILES string of the molecule is CC(=O)O.Cc1cc(S(=O)(=O)N2CCN(C(=O)c3ccc(C(=N)N)cc3)CC2)c(C)cc1Cl. The van der Waals surface area contributed by atoms with Gasteiger partial charge in [-0.3, -0.25) is 15.0 Å². The van der Waals surface area contributed by atoms with Crippen molar-refractivity contribution in [3.63, 3.8) is 0 Å². The van der Waals surface area contributed by atoms with Crippen molar-refractivity contribution in [1.82, 2.24) is 9.21 Å². The number of rotatable bonds is 4. The zero-order chi connectivity index (χ0) is 24.9. The highest BCUT2D eigenvalue weighted by Gasteiger charge is 2.31. The molecule has 1 saturated heterocycles. The lowest BCUT2D eigenvalue weighted by Gasteiger charge is -2.34. The van der Waals surface area contributed by atoms with Gasteiger partial charge in [0.1, 0.15) is 5.84 Å². The van der Waals surface area contributed by atoms with Crippen molar-refractivity contribution in [2.75, 3.05) is 26.2 Å². The number of halogens is 1. The van der Waals surface area contributed by atoms with Gasteiger partial charge in [-0.1, -0.05) is 23.7 Å². The molecular formula is C22H27ClN4O5S. The normalized spacial score (nSPS) is 14.2. The molecule has 2 aromatic carbocycles. The number of piperazine rings is 1. The number of aliphatic carboxylic acids is 1. The number of nitrogens with one attached hydrogen (secondary N) is 1. The third-order valence-corrected chi connectivity index (χ3v) is 7.49. The first-order valence-corrected chi connectivity index (χ1v) is 11.9. The van der Waals surface area contributed by atoms with E-state index in [1.165, 1.54) is 4.31 Å². The Hall–Kier alpha value is -2.95. The van der Waals surface area contributed by atoms with Gasteiger partial charge in [0.2, 0.25) is 10.0 Å². The summed E-state index contributed by atoms with van der Waals surface area (Å²) in [5.41, 5.74) is 7.77. The number of nitrogens with two attached hydrogens (primary N) is 1. The third kappa shape index (κ3) is 6.53. The van der Waals surface area contributed by atoms with Crippen molar-refractivity contribution in [2.45, 2.75) is 25.7 Å². The summed E-state index contributed by atoms with van der Waals surface area (Å²) < 4.78 is 27.5. The van der Waals surface area contributed by atoms with E-state index in [-0.39, 0.29) is 29.7 Å². The van der Waals surface area contributed by atoms with Crippen LogP contribution in [0.4, 0.5) is 0 Å². The van der Waals surface area contributed by atoms with Crippen molar-refractivity contribution >= 4 is 39.3 Å². The lowest BCUT2D eigenvalue weighted by atomic mass is 10.1. The van der Waals surface area contributed by atoms with Crippen LogP contribution in [0.2, 0.25) is 5.02 Å². The van der Waals surface area contributed by atoms with Crippen molar-refractivity contribution in [1.29, 1.82) is 5.41 Å². The molecule has 0 bridgehead atoms. The summed E-state index contributed by atoms with van der Waals surface area (Å²) >= 11 is 6.09. The molecule has 1 aliphatic heterocycles. The molecule has 1 aliphatic rings. The number of nitrogens with zero attached hydrogens (tertiary/aromatic N) is 2. The number of carboxylic acid groups (broad SMARTS) is 1. The molecule has 0 saturated carbocycles. The van der Waals surface area contributed by atoms with E-state index in [9.17, 15) is 13.2 Å². The summed E-state index contributed by atoms with van der Waals surface area (Å²) in [5.74, 6) is -1.06. The number of carbonyl (C=O) groups is 2. The van der Waals surface area contributed by atoms with Gasteiger partial charge in [-0.2, -0.15) is 4.31 Å². The molecule has 9 nitrogen and oxygen atoms in total. The van der Waals surface area contributed by atoms with E-state index in [4.69, 9.17) is 32.6 Å². The van der Waals surface area contributed by atoms with Crippen molar-refractivity contribution < 1.29 is 23.1 Å². The maximum atomic E-state index is 13.1. The van der Waals surface area contributed by atoms with E-state index < -0.39 is 16.0 Å². The summed E-state index contributed by atoms with van der Waals surface area (Å²) in [6.45, 7) is 5.63. The molecule has 3 rings (SSSR count). The molecule has 1 heterocycles. The average molecular weight is 495 g/mol. The van der Waals surface area contributed by atoms with Gasteiger partial charge in [0.15, 0.2) is 0 Å². The van der Waals surface area contributed by atoms with Crippen LogP contribution < -0.4 is 5.73 Å². The fraction of sp³-hybridized carbons (Fsp3) is 0.318. The summed E-state index contributed by atoms with van der Waals surface area (Å²) in [7, 11) is -3.66. The second kappa shape index (κ2) is 10.8. The first-order valence-electron chi connectivity index (χ1n) is 10.0. The highest BCUT2D eigenvalue weighted by Crippen LogP contribution is 2.27. The molecule has 2 aromatic rings. The molecular weight excluding hydrogens is 468 g/mol. The van der Waals surface area contributed by atoms with Crippen molar-refractivity contribution in [3.8, 4) is 0 Å². The van der Waals surface area contributed by atoms with Crippen molar-refractivity contribution in [2.24, 2.45) is 5.73 Å². The number of benzene rings is 2. The van der Waals surface area contributed by atoms with Gasteiger partial charge in [0.25, 0.3) is 11.9 Å². The topological polar surface area (TPSA) is 145 Å². The van der Waals surface area contributed by atoms with Crippen molar-refractivity contribution in [3.05, 3.63) is 63.7 Å². The Morgan fingerprint density at radius 1 is 1.00 bits per heavy atom. The highest BCUT2D eigenvalue weighted by molar-refractivity contribution is 7.89. The number of sulfonamides is 1. The summed E-state index contributed by atoms with van der Waals surface area (Å²) in [4.78, 5) is 23.6. The lowest BCUT2D eigenvalue weighted by molar-refractivity contribution is -0.134. The van der Waals surface area contributed by atoms with E-state index in [2.05, 4.69) is 0 Å². The van der Waals surface area contributed by atoms with E-state index in [1.807, 2.05) is 0 Å². The minimum atomic E-state index is -3.66. The van der Waals surface area contributed by atoms with Gasteiger partial charge < -0.3 is 15.7 Å². The molecule has 0 aromatic heterocycles. The first-order chi connectivity index (χ1) is 15.3. The zero-order valence-corrected chi connectivity index (χ0v) is 20.2. The molecule has 1 amide bonds. The van der Waals surface area contributed by atoms with E-state index in [0.717, 1.165) is 6.92 Å². The monoisotopic (exact) mass is 494 g/mol. The Kier molecular flexibility index (Phi) is 8.59. The largest absolute Gasteiger partial charge is 0.481 e. The quantitative estimate of drug-likeness (QED) is 0.439. The zero-order valence-electron chi connectivity index (χ0n) is 18.6. The molecule has 0 aliphatic carbocycles. The van der Waals surface area contributed by atoms with Crippen LogP contribution in [0.3, 0.4) is 0 Å². The standard InChI is InChI=1S/C20H23ClN4O3S.C2H4O2/c1-13-12-18(14(2)11-17(13)21)29(27,28)25-9-7-24(8-10-25)20(26)16-5-3-15(4-6-16)19(22)23;1-2(3)4/h3-6,11-12H,7-10H2,1-2H3,(H3,22,23);1H3,(H,3,4). The molecule has 33 heavy (non-hydrogen) atoms. The molecule has 178 valence electrons. The van der Waals surface area contributed by atoms with Gasteiger partial charge in [0.05, 0.1) is 4.90 Å². The first kappa shape index (κ1) is 26.3. The summed E-state index contributed by atoms with van der Waals surface area (Å²) in [5, 5.41) is 15.4. The summed E-state index contributed by atoms with van der Waals surface area (Å²) in [6, 6.07) is 9.77. The van der Waals surface area contributed by atoms with Crippen LogP contribution in [0.1, 0.15) is 34.0 Å². The molecule has 1 fully saturated rings. The van der Waals surface area contributed by atoms with Gasteiger partial charge in [-0.25, -0.2) is 8.42 Å². The number of amides is 1. The molecule has 0 spiro atoms. The Balaban J connectivity index is 0.000000890. The maximum Gasteiger partial charge on any atom is 0.300 e. The predicted octanol–water partition coefficient (Wildman–Crippen LogP) is 2.48. The lowest BCUT2D eigenvalue weighted by Crippen LogP contribution is -2.50. The number of aryl methyl sites for hydroxylation is 2. The third-order valence-electron chi connectivity index (χ3n) is 5.04. The van der Waals surface area contributed by atoms with Crippen LogP contribution in [-0.2, 0) is 14.8 Å². The Morgan fingerprint density at radius 3 is 1.97 bits per heavy atom. The fourth-order valence-corrected chi connectivity index (χ4v) is 5.21. The van der Waals surface area contributed by atoms with Gasteiger partial charge in [0, 0.05) is 49.3 Å². The maximum absolute atomic E-state index is 13.1. The molecule has 4 N–H and O–H groups in total. The summed E-state index contributed by atoms with van der Waals surface area (Å²) in [6.07, 6.45) is 0. The van der Waals surface area contributed by atoms with Crippen LogP contribution in [0, 0.1) is 19.3 Å². The minimum absolute atomic E-state index is 0.0597. The molecule has 11 heteroatoms. The van der Waals surface area contributed by atoms with Crippen LogP contribution >= 0.6 is 11.6 Å². The van der Waals surface area contributed by atoms with Gasteiger partial charge in [-0.05, 0) is 49.2 Å². The Bertz CT molecular complexity index is 1150. The van der Waals surface area contributed by atoms with Crippen LogP contribution in [0.15, 0.2) is 41.3 Å². The predicted molar refractivity (Wildman–Crippen MR) is 126 cm³/mol. The average Bonchev–Trinajstić information content (AvgIpc) is 2.75.